The number of hydrogen-bond donors (Lipinski definition) is 0. The highest BCUT2D eigenvalue weighted by Crippen LogP contribution is 2.11. The topological polar surface area (TPSA) is 21.6 Å². The van der Waals surface area contributed by atoms with E-state index in [1.54, 1.807) is 12.1 Å². The average molecular weight is 193 g/mol. The van der Waals surface area contributed by atoms with Crippen LogP contribution in [0, 0.1) is 11.7 Å². The van der Waals surface area contributed by atoms with E-state index in [9.17, 15) is 4.39 Å². The van der Waals surface area contributed by atoms with Crippen LogP contribution in [0.15, 0.2) is 29.3 Å². The zero-order valence-corrected chi connectivity index (χ0v) is 8.03. The number of aliphatic imine (C=N–C) groups is 1. The monoisotopic (exact) mass is 193 g/mol. The lowest BCUT2D eigenvalue weighted by Crippen LogP contribution is -2.21. The molecule has 0 radical (unpaired) electrons. The van der Waals surface area contributed by atoms with Crippen LogP contribution in [0.4, 0.5) is 4.39 Å². The lowest BCUT2D eigenvalue weighted by atomic mass is 10.1. The third-order valence-corrected chi connectivity index (χ3v) is 2.14. The van der Waals surface area contributed by atoms with Gasteiger partial charge in [-0.25, -0.2) is 4.39 Å². The van der Waals surface area contributed by atoms with E-state index in [0.717, 1.165) is 12.1 Å². The molecule has 0 bridgehead atoms. The smallest absolute Gasteiger partial charge is 0.216 e. The summed E-state index contributed by atoms with van der Waals surface area (Å²) in [5, 5.41) is 0. The molecule has 0 spiro atoms. The van der Waals surface area contributed by atoms with Crippen LogP contribution in [0.3, 0.4) is 0 Å². The van der Waals surface area contributed by atoms with Gasteiger partial charge in [0.15, 0.2) is 0 Å². The molecule has 0 unspecified atom stereocenters. The normalized spacial score (nSPS) is 21.3. The molecule has 1 aliphatic rings. The zero-order valence-electron chi connectivity index (χ0n) is 8.03. The van der Waals surface area contributed by atoms with Crippen molar-refractivity contribution in [1.29, 1.82) is 0 Å². The maximum Gasteiger partial charge on any atom is 0.216 e. The fourth-order valence-corrected chi connectivity index (χ4v) is 1.33. The van der Waals surface area contributed by atoms with Crippen molar-refractivity contribution in [1.82, 2.24) is 0 Å². The summed E-state index contributed by atoms with van der Waals surface area (Å²) < 4.78 is 18.1. The number of nitrogens with zero attached hydrogens (tertiary/aromatic N) is 1. The summed E-state index contributed by atoms with van der Waals surface area (Å²) in [6.07, 6.45) is 0. The molecule has 0 aliphatic carbocycles. The number of hydrogen-bond acceptors (Lipinski definition) is 2. The number of benzene rings is 1. The molecule has 74 valence electrons. The lowest BCUT2D eigenvalue weighted by Gasteiger charge is -2.18. The molecule has 0 saturated heterocycles. The summed E-state index contributed by atoms with van der Waals surface area (Å²) in [5.41, 5.74) is 0.846. The van der Waals surface area contributed by atoms with Gasteiger partial charge in [-0.15, -0.1) is 0 Å². The van der Waals surface area contributed by atoms with Crippen molar-refractivity contribution in [2.75, 3.05) is 13.2 Å². The molecule has 0 saturated carbocycles. The van der Waals surface area contributed by atoms with E-state index < -0.39 is 0 Å². The lowest BCUT2D eigenvalue weighted by molar-refractivity contribution is 0.232. The third kappa shape index (κ3) is 1.92. The first-order valence-corrected chi connectivity index (χ1v) is 4.69. The van der Waals surface area contributed by atoms with E-state index in [1.165, 1.54) is 12.1 Å². The zero-order chi connectivity index (χ0) is 9.97. The van der Waals surface area contributed by atoms with Crippen LogP contribution < -0.4 is 0 Å². The molecule has 0 fully saturated rings. The average Bonchev–Trinajstić information content (AvgIpc) is 2.21. The maximum absolute atomic E-state index is 12.6. The second-order valence-electron chi connectivity index (χ2n) is 3.57. The molecule has 1 atom stereocenters. The molecular weight excluding hydrogens is 181 g/mol. The summed E-state index contributed by atoms with van der Waals surface area (Å²) in [5.74, 6) is 0.862. The van der Waals surface area contributed by atoms with Crippen molar-refractivity contribution in [3.8, 4) is 0 Å². The maximum atomic E-state index is 12.6. The van der Waals surface area contributed by atoms with Gasteiger partial charge in [0.2, 0.25) is 5.90 Å². The Labute approximate surface area is 82.4 Å². The molecule has 1 heterocycles. The van der Waals surface area contributed by atoms with Crippen molar-refractivity contribution < 1.29 is 9.13 Å². The van der Waals surface area contributed by atoms with E-state index in [1.807, 2.05) is 0 Å². The van der Waals surface area contributed by atoms with Crippen LogP contribution >= 0.6 is 0 Å². The first kappa shape index (κ1) is 9.19. The molecule has 0 amide bonds. The van der Waals surface area contributed by atoms with Crippen LogP contribution in [-0.2, 0) is 4.74 Å². The van der Waals surface area contributed by atoms with Gasteiger partial charge in [-0.1, -0.05) is 6.92 Å². The fraction of sp³-hybridized carbons (Fsp3) is 0.364. The van der Waals surface area contributed by atoms with Crippen LogP contribution in [0.1, 0.15) is 12.5 Å². The van der Waals surface area contributed by atoms with E-state index >= 15 is 0 Å². The molecule has 2 nitrogen and oxygen atoms in total. The Morgan fingerprint density at radius 2 is 2.07 bits per heavy atom. The number of rotatable bonds is 1. The van der Waals surface area contributed by atoms with Gasteiger partial charge in [-0.2, -0.15) is 0 Å². The van der Waals surface area contributed by atoms with Crippen LogP contribution in [0.25, 0.3) is 0 Å². The number of halogens is 1. The second-order valence-corrected chi connectivity index (χ2v) is 3.57. The van der Waals surface area contributed by atoms with Crippen LogP contribution in [-0.4, -0.2) is 19.0 Å². The van der Waals surface area contributed by atoms with Gasteiger partial charge in [0.25, 0.3) is 0 Å². The minimum Gasteiger partial charge on any atom is -0.477 e. The Kier molecular flexibility index (Phi) is 2.48. The molecule has 14 heavy (non-hydrogen) atoms. The quantitative estimate of drug-likeness (QED) is 0.670. The molecule has 1 aromatic rings. The summed E-state index contributed by atoms with van der Waals surface area (Å²) in [6.45, 7) is 3.56. The first-order valence-electron chi connectivity index (χ1n) is 4.69. The molecule has 2 rings (SSSR count). The largest absolute Gasteiger partial charge is 0.477 e. The molecule has 1 aromatic carbocycles. The Morgan fingerprint density at radius 1 is 1.36 bits per heavy atom. The Balaban J connectivity index is 2.19. The fourth-order valence-electron chi connectivity index (χ4n) is 1.33. The Morgan fingerprint density at radius 3 is 2.64 bits per heavy atom. The standard InChI is InChI=1S/C11H12FNO/c1-8-6-13-11(14-7-8)9-2-4-10(12)5-3-9/h2-5,8H,6-7H2,1H3/t8-/m0/s1. The van der Waals surface area contributed by atoms with Gasteiger partial charge in [0, 0.05) is 18.0 Å². The first-order chi connectivity index (χ1) is 6.75. The molecule has 0 N–H and O–H groups in total. The third-order valence-electron chi connectivity index (χ3n) is 2.14. The van der Waals surface area contributed by atoms with Crippen LogP contribution in [0.2, 0.25) is 0 Å². The van der Waals surface area contributed by atoms with Crippen molar-refractivity contribution in [3.63, 3.8) is 0 Å². The highest BCUT2D eigenvalue weighted by molar-refractivity contribution is 5.94. The van der Waals surface area contributed by atoms with Crippen LogP contribution in [0.5, 0.6) is 0 Å². The van der Waals surface area contributed by atoms with E-state index in [0.29, 0.717) is 18.4 Å². The van der Waals surface area contributed by atoms with Crippen molar-refractivity contribution >= 4 is 5.90 Å². The SMILES string of the molecule is C[C@H]1CN=C(c2ccc(F)cc2)OC1. The second kappa shape index (κ2) is 3.78. The summed E-state index contributed by atoms with van der Waals surface area (Å²) in [7, 11) is 0. The predicted molar refractivity (Wildman–Crippen MR) is 52.9 cm³/mol. The minimum absolute atomic E-state index is 0.237. The van der Waals surface area contributed by atoms with Crippen molar-refractivity contribution in [2.45, 2.75) is 6.92 Å². The van der Waals surface area contributed by atoms with E-state index in [4.69, 9.17) is 4.74 Å². The summed E-state index contributed by atoms with van der Waals surface area (Å²) >= 11 is 0. The molecular formula is C11H12FNO. The van der Waals surface area contributed by atoms with Gasteiger partial charge in [0.1, 0.15) is 5.82 Å². The summed E-state index contributed by atoms with van der Waals surface area (Å²) in [4.78, 5) is 4.28. The van der Waals surface area contributed by atoms with Gasteiger partial charge in [-0.3, -0.25) is 4.99 Å². The Hall–Kier alpha value is -1.38. The van der Waals surface area contributed by atoms with Gasteiger partial charge in [0.05, 0.1) is 6.61 Å². The van der Waals surface area contributed by atoms with E-state index in [2.05, 4.69) is 11.9 Å². The minimum atomic E-state index is -0.237. The summed E-state index contributed by atoms with van der Waals surface area (Å²) in [6, 6.07) is 6.20. The molecule has 0 aromatic heterocycles. The molecule has 3 heteroatoms. The predicted octanol–water partition coefficient (Wildman–Crippen LogP) is 2.24. The highest BCUT2D eigenvalue weighted by atomic mass is 19.1. The Bertz CT molecular complexity index is 345. The van der Waals surface area contributed by atoms with Crippen molar-refractivity contribution in [2.24, 2.45) is 10.9 Å². The number of ether oxygens (including phenoxy) is 1. The molecule has 1 aliphatic heterocycles. The van der Waals surface area contributed by atoms with Gasteiger partial charge < -0.3 is 4.74 Å². The van der Waals surface area contributed by atoms with Gasteiger partial charge in [-0.05, 0) is 24.3 Å². The highest BCUT2D eigenvalue weighted by Gasteiger charge is 2.13. The van der Waals surface area contributed by atoms with Crippen molar-refractivity contribution in [3.05, 3.63) is 35.6 Å². The van der Waals surface area contributed by atoms with E-state index in [-0.39, 0.29) is 5.82 Å². The van der Waals surface area contributed by atoms with Gasteiger partial charge >= 0.3 is 0 Å².